The number of hydrogen-bond acceptors (Lipinski definition) is 30. The Bertz CT molecular complexity index is 1560. The van der Waals surface area contributed by atoms with Gasteiger partial charge in [0.15, 0.2) is 0 Å². The second-order valence-corrected chi connectivity index (χ2v) is 24.7. The molecule has 30 nitrogen and oxygen atoms in total. The van der Waals surface area contributed by atoms with Crippen molar-refractivity contribution in [2.24, 2.45) is 0 Å². The van der Waals surface area contributed by atoms with E-state index in [4.69, 9.17) is 130 Å². The number of thioether (sulfide) groups is 1. The largest absolute Gasteiger partial charge is 0.801 e. The zero-order valence-electron chi connectivity index (χ0n) is 57.7. The van der Waals surface area contributed by atoms with Crippen molar-refractivity contribution in [1.29, 1.82) is 0 Å². The van der Waals surface area contributed by atoms with Gasteiger partial charge in [-0.05, 0) is 32.3 Å². The van der Waals surface area contributed by atoms with Crippen molar-refractivity contribution in [1.82, 2.24) is 10.6 Å². The highest BCUT2D eigenvalue weighted by Gasteiger charge is 2.05. The van der Waals surface area contributed by atoms with Crippen LogP contribution in [0.2, 0.25) is 0 Å². The van der Waals surface area contributed by atoms with Gasteiger partial charge in [0.1, 0.15) is 0 Å². The number of ether oxygens (including phenoxy) is 24. The zero-order chi connectivity index (χ0) is 68.5. The molecule has 0 aromatic carbocycles. The molecule has 0 saturated carbocycles. The Hall–Kier alpha value is -1.10. The van der Waals surface area contributed by atoms with Gasteiger partial charge in [0, 0.05) is 31.7 Å². The summed E-state index contributed by atoms with van der Waals surface area (Å²) in [5.74, 6) is 0.839. The molecule has 1 atom stereocenters. The summed E-state index contributed by atoms with van der Waals surface area (Å²) in [4.78, 5) is 34.7. The number of nitrogens with one attached hydrogen (secondary N) is 2. The Morgan fingerprint density at radius 3 is 0.684 bits per heavy atom. The Labute approximate surface area is 576 Å². The molecule has 2 amide bonds. The van der Waals surface area contributed by atoms with Crippen molar-refractivity contribution in [3.05, 3.63) is 0 Å². The molecule has 0 fully saturated rings. The van der Waals surface area contributed by atoms with E-state index in [-0.39, 0.29) is 11.8 Å². The minimum absolute atomic E-state index is 0.0364. The summed E-state index contributed by atoms with van der Waals surface area (Å²) < 4.78 is 137. The SMILES string of the molecule is CSCCC(=O)NCCOCCOCCOCCOCCOCCOCCOCCOCCOCCOCCOCCOCCOCCOCCOCCOCCOCCOCCOCCOCCOCCOCCOCCOCCC(=O)NCCCCCCOP(C)([O-])=S. The van der Waals surface area contributed by atoms with Crippen LogP contribution in [0.15, 0.2) is 0 Å². The standard InChI is InChI=1S/C62H125N2O28PS2/c1-93(67,94)92-11-6-4-3-5-9-63-61(65)7-12-68-14-16-70-18-20-72-22-24-74-26-28-76-30-32-78-34-36-80-38-40-82-42-44-84-46-48-86-50-52-88-54-56-90-58-59-91-57-55-89-53-51-87-49-47-85-45-43-83-41-39-81-37-35-79-33-31-77-29-27-75-25-23-73-21-19-71-17-15-69-13-10-64-62(66)8-60-95-2/h3-60H2,1-2H3,(H,63,65)(H,64,66)(H,67,94)/p-1. The first-order valence-electron chi connectivity index (χ1n) is 33.7. The lowest BCUT2D eigenvalue weighted by Gasteiger charge is -2.22. The van der Waals surface area contributed by atoms with Gasteiger partial charge in [0.25, 0.3) is 0 Å². The molecule has 0 aliphatic rings. The minimum Gasteiger partial charge on any atom is -0.801 e. The van der Waals surface area contributed by atoms with E-state index in [1.165, 1.54) is 6.66 Å². The molecular weight excluding hydrogens is 1320 g/mol. The molecule has 0 saturated heterocycles. The first-order valence-corrected chi connectivity index (χ1v) is 38.1. The van der Waals surface area contributed by atoms with Crippen LogP contribution >= 0.6 is 18.3 Å². The Morgan fingerprint density at radius 2 is 0.463 bits per heavy atom. The molecule has 0 bridgehead atoms. The molecule has 0 aliphatic heterocycles. The number of rotatable bonds is 86. The number of amides is 2. The van der Waals surface area contributed by atoms with Crippen molar-refractivity contribution in [3.8, 4) is 0 Å². The van der Waals surface area contributed by atoms with Gasteiger partial charge < -0.3 is 134 Å². The molecule has 0 radical (unpaired) electrons. The van der Waals surface area contributed by atoms with Crippen LogP contribution in [0, 0.1) is 0 Å². The third kappa shape index (κ3) is 88.9. The monoisotopic (exact) mass is 1440 g/mol. The van der Waals surface area contributed by atoms with E-state index in [0.717, 1.165) is 31.4 Å². The van der Waals surface area contributed by atoms with Crippen LogP contribution in [0.3, 0.4) is 0 Å². The van der Waals surface area contributed by atoms with Gasteiger partial charge in [0.05, 0.1) is 324 Å². The fourth-order valence-electron chi connectivity index (χ4n) is 7.00. The van der Waals surface area contributed by atoms with E-state index in [2.05, 4.69) is 10.6 Å². The van der Waals surface area contributed by atoms with Gasteiger partial charge in [-0.2, -0.15) is 11.8 Å². The summed E-state index contributed by atoms with van der Waals surface area (Å²) in [6.45, 7) is 22.8. The van der Waals surface area contributed by atoms with Crippen LogP contribution in [-0.4, -0.2) is 367 Å². The molecule has 33 heteroatoms. The maximum atomic E-state index is 11.9. The third-order valence-corrected chi connectivity index (χ3v) is 13.4. The molecular formula is C62H124N2O28PS2-. The Balaban J connectivity index is 3.12. The predicted octanol–water partition coefficient (Wildman–Crippen LogP) is 1.64. The highest BCUT2D eigenvalue weighted by atomic mass is 32.5. The Kier molecular flexibility index (Phi) is 82.6. The quantitative estimate of drug-likeness (QED) is 0.0646. The van der Waals surface area contributed by atoms with E-state index >= 15 is 0 Å². The van der Waals surface area contributed by atoms with Crippen molar-refractivity contribution < 1.29 is 133 Å². The van der Waals surface area contributed by atoms with Crippen LogP contribution < -0.4 is 15.5 Å². The maximum absolute atomic E-state index is 11.9. The summed E-state index contributed by atoms with van der Waals surface area (Å²) in [5, 5.41) is 5.70. The zero-order valence-corrected chi connectivity index (χ0v) is 60.2. The van der Waals surface area contributed by atoms with Crippen LogP contribution in [0.4, 0.5) is 0 Å². The highest BCUT2D eigenvalue weighted by molar-refractivity contribution is 8.08. The van der Waals surface area contributed by atoms with Crippen molar-refractivity contribution in [2.45, 2.75) is 38.5 Å². The van der Waals surface area contributed by atoms with Crippen molar-refractivity contribution in [2.75, 3.05) is 356 Å². The molecule has 0 spiro atoms. The maximum Gasteiger partial charge on any atom is 0.222 e. The highest BCUT2D eigenvalue weighted by Crippen LogP contribution is 2.31. The summed E-state index contributed by atoms with van der Waals surface area (Å²) in [5.41, 5.74) is 0. The van der Waals surface area contributed by atoms with Crippen LogP contribution in [-0.2, 0) is 140 Å². The topological polar surface area (TPSA) is 312 Å². The van der Waals surface area contributed by atoms with Crippen molar-refractivity contribution >= 4 is 41.9 Å². The first-order chi connectivity index (χ1) is 46.8. The molecule has 0 aliphatic carbocycles. The van der Waals surface area contributed by atoms with Gasteiger partial charge in [0.2, 0.25) is 11.8 Å². The van der Waals surface area contributed by atoms with Gasteiger partial charge in [-0.15, -0.1) is 0 Å². The molecule has 95 heavy (non-hydrogen) atoms. The molecule has 2 N–H and O–H groups in total. The fraction of sp³-hybridized carbons (Fsp3) is 0.968. The van der Waals surface area contributed by atoms with E-state index in [0.29, 0.717) is 350 Å². The van der Waals surface area contributed by atoms with E-state index in [9.17, 15) is 14.5 Å². The first kappa shape index (κ1) is 93.9. The second-order valence-electron chi connectivity index (χ2n) is 19.9. The molecule has 1 unspecified atom stereocenters. The van der Waals surface area contributed by atoms with E-state index in [1.54, 1.807) is 11.8 Å². The van der Waals surface area contributed by atoms with Crippen molar-refractivity contribution in [3.63, 3.8) is 0 Å². The van der Waals surface area contributed by atoms with E-state index in [1.807, 2.05) is 6.26 Å². The summed E-state index contributed by atoms with van der Waals surface area (Å²) in [6, 6.07) is 0. The molecule has 0 aromatic heterocycles. The van der Waals surface area contributed by atoms with Crippen LogP contribution in [0.5, 0.6) is 0 Å². The number of carbonyl (C=O) groups excluding carboxylic acids is 2. The summed E-state index contributed by atoms with van der Waals surface area (Å²) >= 11 is 6.38. The lowest BCUT2D eigenvalue weighted by atomic mass is 10.2. The minimum atomic E-state index is -2.81. The molecule has 0 aromatic rings. The van der Waals surface area contributed by atoms with Gasteiger partial charge in [-0.3, -0.25) is 9.59 Å². The lowest BCUT2D eigenvalue weighted by molar-refractivity contribution is -0.180. The number of hydrogen-bond donors (Lipinski definition) is 2. The number of unbranched alkanes of at least 4 members (excludes halogenated alkanes) is 3. The normalized spacial score (nSPS) is 12.3. The second kappa shape index (κ2) is 83.6. The van der Waals surface area contributed by atoms with Crippen LogP contribution in [0.1, 0.15) is 38.5 Å². The summed E-state index contributed by atoms with van der Waals surface area (Å²) in [6.07, 6.45) is 6.40. The number of carbonyl (C=O) groups is 2. The average Bonchev–Trinajstić information content (AvgIpc) is 3.65. The fourth-order valence-corrected chi connectivity index (χ4v) is 8.07. The lowest BCUT2D eigenvalue weighted by Crippen LogP contribution is -2.27. The van der Waals surface area contributed by atoms with Crippen LogP contribution in [0.25, 0.3) is 0 Å². The van der Waals surface area contributed by atoms with Gasteiger partial charge in [-0.25, -0.2) is 0 Å². The smallest absolute Gasteiger partial charge is 0.222 e. The molecule has 568 valence electrons. The van der Waals surface area contributed by atoms with E-state index < -0.39 is 6.49 Å². The summed E-state index contributed by atoms with van der Waals surface area (Å²) in [7, 11) is 0. The third-order valence-electron chi connectivity index (χ3n) is 11.9. The van der Waals surface area contributed by atoms with Gasteiger partial charge >= 0.3 is 0 Å². The predicted molar refractivity (Wildman–Crippen MR) is 358 cm³/mol. The molecule has 0 heterocycles. The van der Waals surface area contributed by atoms with Gasteiger partial charge in [-0.1, -0.05) is 24.6 Å². The average molecular weight is 1440 g/mol. The molecule has 0 rings (SSSR count). The Morgan fingerprint density at radius 1 is 0.274 bits per heavy atom.